The van der Waals surface area contributed by atoms with Crippen molar-refractivity contribution in [2.75, 3.05) is 18.8 Å². The molecule has 1 aromatic heterocycles. The fourth-order valence-electron chi connectivity index (χ4n) is 2.08. The number of amides is 1. The number of piperidine rings is 1. The first-order valence-corrected chi connectivity index (χ1v) is 5.85. The second-order valence-corrected chi connectivity index (χ2v) is 4.50. The van der Waals surface area contributed by atoms with Gasteiger partial charge in [-0.25, -0.2) is 9.67 Å². The van der Waals surface area contributed by atoms with Crippen molar-refractivity contribution in [2.24, 2.45) is 5.92 Å². The van der Waals surface area contributed by atoms with Crippen LogP contribution in [-0.2, 0) is 11.3 Å². The fraction of sp³-hybridized carbons (Fsp3) is 0.700. The Morgan fingerprint density at radius 1 is 1.42 bits per heavy atom. The molecule has 106 valence electrons. The topological polar surface area (TPSA) is 77.0 Å². The standard InChI is InChI=1S/C10H14F3N5O/c11-10(12,13)7-1-3-17(4-2-7)8(19)5-18-6-15-9(14)16-18/h6-7H,1-5H2,(H2,14,16). The van der Waals surface area contributed by atoms with Crippen LogP contribution in [0.25, 0.3) is 0 Å². The number of alkyl halides is 3. The summed E-state index contributed by atoms with van der Waals surface area (Å²) in [6, 6.07) is 0. The maximum Gasteiger partial charge on any atom is 0.391 e. The molecule has 2 rings (SSSR count). The van der Waals surface area contributed by atoms with Gasteiger partial charge in [0.15, 0.2) is 0 Å². The van der Waals surface area contributed by atoms with E-state index in [0.29, 0.717) is 0 Å². The van der Waals surface area contributed by atoms with E-state index in [1.807, 2.05) is 0 Å². The number of nitrogens with zero attached hydrogens (tertiary/aromatic N) is 4. The molecule has 1 saturated heterocycles. The molecule has 1 amide bonds. The van der Waals surface area contributed by atoms with Crippen LogP contribution in [0.5, 0.6) is 0 Å². The highest BCUT2D eigenvalue weighted by atomic mass is 19.4. The van der Waals surface area contributed by atoms with Crippen LogP contribution in [0.2, 0.25) is 0 Å². The molecule has 0 aromatic carbocycles. The monoisotopic (exact) mass is 277 g/mol. The van der Waals surface area contributed by atoms with Crippen LogP contribution in [-0.4, -0.2) is 44.8 Å². The van der Waals surface area contributed by atoms with Crippen LogP contribution < -0.4 is 5.73 Å². The second-order valence-electron chi connectivity index (χ2n) is 4.50. The number of hydrogen-bond acceptors (Lipinski definition) is 4. The molecular weight excluding hydrogens is 263 g/mol. The van der Waals surface area contributed by atoms with Crippen molar-refractivity contribution in [3.05, 3.63) is 6.33 Å². The van der Waals surface area contributed by atoms with Gasteiger partial charge in [0.05, 0.1) is 5.92 Å². The molecule has 1 aromatic rings. The van der Waals surface area contributed by atoms with Crippen molar-refractivity contribution in [1.82, 2.24) is 19.7 Å². The number of rotatable bonds is 2. The highest BCUT2D eigenvalue weighted by Crippen LogP contribution is 2.34. The molecule has 2 heterocycles. The van der Waals surface area contributed by atoms with Gasteiger partial charge in [0.1, 0.15) is 12.9 Å². The molecule has 6 nitrogen and oxygen atoms in total. The first-order chi connectivity index (χ1) is 8.86. The highest BCUT2D eigenvalue weighted by molar-refractivity contribution is 5.76. The van der Waals surface area contributed by atoms with Crippen molar-refractivity contribution >= 4 is 11.9 Å². The van der Waals surface area contributed by atoms with Gasteiger partial charge in [-0.2, -0.15) is 13.2 Å². The predicted molar refractivity (Wildman–Crippen MR) is 59.8 cm³/mol. The van der Waals surface area contributed by atoms with E-state index in [9.17, 15) is 18.0 Å². The van der Waals surface area contributed by atoms with E-state index >= 15 is 0 Å². The van der Waals surface area contributed by atoms with Crippen LogP contribution in [0, 0.1) is 5.92 Å². The lowest BCUT2D eigenvalue weighted by Crippen LogP contribution is -2.43. The first kappa shape index (κ1) is 13.6. The molecule has 0 bridgehead atoms. The largest absolute Gasteiger partial charge is 0.391 e. The zero-order valence-electron chi connectivity index (χ0n) is 10.1. The Kier molecular flexibility index (Phi) is 3.63. The van der Waals surface area contributed by atoms with E-state index in [4.69, 9.17) is 5.73 Å². The second kappa shape index (κ2) is 5.06. The smallest absolute Gasteiger partial charge is 0.367 e. The number of halogens is 3. The van der Waals surface area contributed by atoms with Crippen LogP contribution in [0.1, 0.15) is 12.8 Å². The van der Waals surface area contributed by atoms with Gasteiger partial charge < -0.3 is 10.6 Å². The summed E-state index contributed by atoms with van der Waals surface area (Å²) in [4.78, 5) is 16.9. The Morgan fingerprint density at radius 3 is 2.53 bits per heavy atom. The average molecular weight is 277 g/mol. The van der Waals surface area contributed by atoms with E-state index in [0.717, 1.165) is 0 Å². The van der Waals surface area contributed by atoms with E-state index in [-0.39, 0.29) is 44.3 Å². The van der Waals surface area contributed by atoms with Crippen molar-refractivity contribution in [2.45, 2.75) is 25.6 Å². The van der Waals surface area contributed by atoms with Crippen LogP contribution in [0.3, 0.4) is 0 Å². The lowest BCUT2D eigenvalue weighted by Gasteiger charge is -2.32. The van der Waals surface area contributed by atoms with Gasteiger partial charge in [-0.3, -0.25) is 4.79 Å². The molecule has 19 heavy (non-hydrogen) atoms. The van der Waals surface area contributed by atoms with Gasteiger partial charge >= 0.3 is 6.18 Å². The zero-order chi connectivity index (χ0) is 14.0. The first-order valence-electron chi connectivity index (χ1n) is 5.85. The van der Waals surface area contributed by atoms with Crippen molar-refractivity contribution in [3.63, 3.8) is 0 Å². The third kappa shape index (κ3) is 3.36. The molecule has 0 radical (unpaired) electrons. The quantitative estimate of drug-likeness (QED) is 0.861. The van der Waals surface area contributed by atoms with E-state index < -0.39 is 12.1 Å². The molecule has 1 aliphatic heterocycles. The van der Waals surface area contributed by atoms with Crippen LogP contribution in [0.4, 0.5) is 19.1 Å². The van der Waals surface area contributed by atoms with E-state index in [1.54, 1.807) is 0 Å². The Balaban J connectivity index is 1.86. The molecular formula is C10H14F3N5O. The number of carbonyl (C=O) groups is 1. The normalized spacial score (nSPS) is 17.7. The van der Waals surface area contributed by atoms with Crippen molar-refractivity contribution in [1.29, 1.82) is 0 Å². The summed E-state index contributed by atoms with van der Waals surface area (Å²) in [6.07, 6.45) is -2.95. The summed E-state index contributed by atoms with van der Waals surface area (Å²) in [5.74, 6) is -1.52. The fourth-order valence-corrected chi connectivity index (χ4v) is 2.08. The Bertz CT molecular complexity index is 450. The molecule has 1 fully saturated rings. The summed E-state index contributed by atoms with van der Waals surface area (Å²) in [6.45, 7) is 0.182. The lowest BCUT2D eigenvalue weighted by atomic mass is 9.96. The molecule has 9 heteroatoms. The Hall–Kier alpha value is -1.80. The van der Waals surface area contributed by atoms with Gasteiger partial charge in [0.2, 0.25) is 11.9 Å². The van der Waals surface area contributed by atoms with Gasteiger partial charge in [0.25, 0.3) is 0 Å². The average Bonchev–Trinajstić information content (AvgIpc) is 2.74. The maximum absolute atomic E-state index is 12.5. The molecule has 1 aliphatic rings. The maximum atomic E-state index is 12.5. The summed E-state index contributed by atoms with van der Waals surface area (Å²) in [5.41, 5.74) is 5.31. The predicted octanol–water partition coefficient (Wildman–Crippen LogP) is 0.661. The third-order valence-corrected chi connectivity index (χ3v) is 3.16. The molecule has 0 saturated carbocycles. The van der Waals surface area contributed by atoms with Gasteiger partial charge in [-0.1, -0.05) is 0 Å². The SMILES string of the molecule is Nc1ncn(CC(=O)N2CCC(C(F)(F)F)CC2)n1. The van der Waals surface area contributed by atoms with Gasteiger partial charge in [0, 0.05) is 13.1 Å². The van der Waals surface area contributed by atoms with Crippen LogP contribution >= 0.6 is 0 Å². The zero-order valence-corrected chi connectivity index (χ0v) is 10.1. The molecule has 0 aliphatic carbocycles. The van der Waals surface area contributed by atoms with Crippen molar-refractivity contribution < 1.29 is 18.0 Å². The summed E-state index contributed by atoms with van der Waals surface area (Å²) in [7, 11) is 0. The van der Waals surface area contributed by atoms with E-state index in [2.05, 4.69) is 10.1 Å². The summed E-state index contributed by atoms with van der Waals surface area (Å²) < 4.78 is 38.7. The highest BCUT2D eigenvalue weighted by Gasteiger charge is 2.41. The lowest BCUT2D eigenvalue weighted by molar-refractivity contribution is -0.186. The Morgan fingerprint density at radius 2 is 2.05 bits per heavy atom. The number of anilines is 1. The Labute approximate surface area is 107 Å². The minimum absolute atomic E-state index is 0.0469. The molecule has 0 spiro atoms. The van der Waals surface area contributed by atoms with E-state index in [1.165, 1.54) is 15.9 Å². The third-order valence-electron chi connectivity index (χ3n) is 3.16. The van der Waals surface area contributed by atoms with Crippen LogP contribution in [0.15, 0.2) is 6.33 Å². The summed E-state index contributed by atoms with van der Waals surface area (Å²) >= 11 is 0. The number of nitrogens with two attached hydrogens (primary N) is 1. The minimum Gasteiger partial charge on any atom is -0.367 e. The minimum atomic E-state index is -4.17. The number of likely N-dealkylation sites (tertiary alicyclic amines) is 1. The number of carbonyl (C=O) groups excluding carboxylic acids is 1. The van der Waals surface area contributed by atoms with Gasteiger partial charge in [-0.05, 0) is 12.8 Å². The van der Waals surface area contributed by atoms with Gasteiger partial charge in [-0.15, -0.1) is 5.10 Å². The van der Waals surface area contributed by atoms with Crippen molar-refractivity contribution in [3.8, 4) is 0 Å². The molecule has 2 N–H and O–H groups in total. The number of hydrogen-bond donors (Lipinski definition) is 1. The number of nitrogen functional groups attached to an aromatic ring is 1. The molecule has 0 unspecified atom stereocenters. The summed E-state index contributed by atoms with van der Waals surface area (Å²) in [5, 5.41) is 3.76. The molecule has 0 atom stereocenters. The number of aromatic nitrogens is 3.